The molecule has 3 rings (SSSR count). The van der Waals surface area contributed by atoms with E-state index in [1.54, 1.807) is 0 Å². The van der Waals surface area contributed by atoms with E-state index in [2.05, 4.69) is 5.32 Å². The Morgan fingerprint density at radius 2 is 2.00 bits per heavy atom. The van der Waals surface area contributed by atoms with Crippen molar-refractivity contribution >= 4 is 23.2 Å². The zero-order valence-corrected chi connectivity index (χ0v) is 15.6. The molecule has 2 aromatic carbocycles. The van der Waals surface area contributed by atoms with Crippen LogP contribution in [0.3, 0.4) is 0 Å². The second kappa shape index (κ2) is 8.08. The van der Waals surface area contributed by atoms with Crippen LogP contribution >= 0.6 is 0 Å². The third-order valence-electron chi connectivity index (χ3n) is 4.82. The second-order valence-corrected chi connectivity index (χ2v) is 6.66. The number of methoxy groups -OCH3 is 1. The van der Waals surface area contributed by atoms with E-state index >= 15 is 0 Å². The molecule has 2 amide bonds. The van der Waals surface area contributed by atoms with Crippen LogP contribution in [0.4, 0.5) is 11.4 Å². The van der Waals surface area contributed by atoms with E-state index in [0.717, 1.165) is 5.56 Å². The van der Waals surface area contributed by atoms with Gasteiger partial charge >= 0.3 is 0 Å². The van der Waals surface area contributed by atoms with Crippen LogP contribution in [0.5, 0.6) is 5.75 Å². The lowest BCUT2D eigenvalue weighted by Crippen LogP contribution is -2.34. The van der Waals surface area contributed by atoms with Gasteiger partial charge in [-0.3, -0.25) is 19.7 Å². The number of carbonyl (C=O) groups excluding carboxylic acids is 2. The minimum absolute atomic E-state index is 0.0769. The lowest BCUT2D eigenvalue weighted by Gasteiger charge is -2.20. The summed E-state index contributed by atoms with van der Waals surface area (Å²) in [6, 6.07) is 13.5. The highest BCUT2D eigenvalue weighted by atomic mass is 16.6. The molecule has 1 aliphatic heterocycles. The topological polar surface area (TPSA) is 102 Å². The summed E-state index contributed by atoms with van der Waals surface area (Å²) in [7, 11) is 1.38. The Kier molecular flexibility index (Phi) is 5.58. The highest BCUT2D eigenvalue weighted by Gasteiger charge is 2.37. The van der Waals surface area contributed by atoms with Gasteiger partial charge in [-0.2, -0.15) is 0 Å². The first-order chi connectivity index (χ1) is 13.4. The quantitative estimate of drug-likeness (QED) is 0.610. The standard InChI is InChI=1S/C20H21N3O5/c1-13(14-6-4-3-5-7-14)21-20(25)15-10-19(24)22(12-15)17-9-8-16(23(26)27)11-18(17)28-2/h3-9,11,13,15H,10,12H2,1-2H3,(H,21,25)/t13-,15-/m0/s1. The minimum Gasteiger partial charge on any atom is -0.494 e. The third-order valence-corrected chi connectivity index (χ3v) is 4.82. The average Bonchev–Trinajstić information content (AvgIpc) is 3.09. The molecule has 2 atom stereocenters. The summed E-state index contributed by atoms with van der Waals surface area (Å²) >= 11 is 0. The predicted molar refractivity (Wildman–Crippen MR) is 103 cm³/mol. The lowest BCUT2D eigenvalue weighted by molar-refractivity contribution is -0.384. The van der Waals surface area contributed by atoms with Gasteiger partial charge < -0.3 is 15.0 Å². The normalized spacial score (nSPS) is 17.3. The lowest BCUT2D eigenvalue weighted by atomic mass is 10.1. The first-order valence-electron chi connectivity index (χ1n) is 8.88. The zero-order chi connectivity index (χ0) is 20.3. The van der Waals surface area contributed by atoms with E-state index in [4.69, 9.17) is 4.74 Å². The number of nitrogens with one attached hydrogen (secondary N) is 1. The van der Waals surface area contributed by atoms with E-state index in [1.165, 1.54) is 30.2 Å². The summed E-state index contributed by atoms with van der Waals surface area (Å²) < 4.78 is 5.22. The molecule has 0 bridgehead atoms. The third kappa shape index (κ3) is 3.95. The van der Waals surface area contributed by atoms with Crippen molar-refractivity contribution in [1.29, 1.82) is 0 Å². The number of nitro groups is 1. The van der Waals surface area contributed by atoms with Gasteiger partial charge in [0.15, 0.2) is 0 Å². The fourth-order valence-electron chi connectivity index (χ4n) is 3.28. The average molecular weight is 383 g/mol. The van der Waals surface area contributed by atoms with E-state index in [9.17, 15) is 19.7 Å². The number of anilines is 1. The molecule has 0 saturated carbocycles. The summed E-state index contributed by atoms with van der Waals surface area (Å²) in [6.07, 6.45) is 0.0769. The molecule has 1 aliphatic rings. The molecule has 8 heteroatoms. The van der Waals surface area contributed by atoms with Crippen LogP contribution in [-0.4, -0.2) is 30.4 Å². The first kappa shape index (κ1) is 19.3. The summed E-state index contributed by atoms with van der Waals surface area (Å²) in [4.78, 5) is 37.0. The number of rotatable bonds is 6. The number of hydrogen-bond donors (Lipinski definition) is 1. The van der Waals surface area contributed by atoms with E-state index in [0.29, 0.717) is 5.69 Å². The van der Waals surface area contributed by atoms with Crippen molar-refractivity contribution < 1.29 is 19.2 Å². The fraction of sp³-hybridized carbons (Fsp3) is 0.300. The van der Waals surface area contributed by atoms with Gasteiger partial charge in [0.1, 0.15) is 5.75 Å². The Hall–Kier alpha value is -3.42. The summed E-state index contributed by atoms with van der Waals surface area (Å²) in [6.45, 7) is 2.08. The van der Waals surface area contributed by atoms with Crippen LogP contribution in [0.25, 0.3) is 0 Å². The van der Waals surface area contributed by atoms with Crippen LogP contribution in [0.15, 0.2) is 48.5 Å². The van der Waals surface area contributed by atoms with Crippen molar-refractivity contribution in [2.45, 2.75) is 19.4 Å². The molecule has 1 saturated heterocycles. The molecular formula is C20H21N3O5. The van der Waals surface area contributed by atoms with Gasteiger partial charge in [0.2, 0.25) is 11.8 Å². The molecule has 8 nitrogen and oxygen atoms in total. The summed E-state index contributed by atoms with van der Waals surface area (Å²) in [5, 5.41) is 13.9. The van der Waals surface area contributed by atoms with Crippen LogP contribution in [0.1, 0.15) is 24.9 Å². The molecule has 0 radical (unpaired) electrons. The second-order valence-electron chi connectivity index (χ2n) is 6.66. The molecule has 1 N–H and O–H groups in total. The van der Waals surface area contributed by atoms with Gasteiger partial charge in [-0.25, -0.2) is 0 Å². The molecule has 1 fully saturated rings. The highest BCUT2D eigenvalue weighted by molar-refractivity contribution is 6.01. The number of nitro benzene ring substituents is 1. The number of carbonyl (C=O) groups is 2. The molecule has 146 valence electrons. The van der Waals surface area contributed by atoms with E-state index in [-0.39, 0.29) is 42.3 Å². The number of benzene rings is 2. The molecule has 1 heterocycles. The van der Waals surface area contributed by atoms with Crippen molar-refractivity contribution in [3.8, 4) is 5.75 Å². The van der Waals surface area contributed by atoms with Crippen LogP contribution < -0.4 is 15.0 Å². The maximum atomic E-state index is 12.6. The molecular weight excluding hydrogens is 362 g/mol. The molecule has 2 aromatic rings. The zero-order valence-electron chi connectivity index (χ0n) is 15.6. The van der Waals surface area contributed by atoms with Crippen LogP contribution in [-0.2, 0) is 9.59 Å². The molecule has 0 aromatic heterocycles. The Bertz CT molecular complexity index is 900. The van der Waals surface area contributed by atoms with Gasteiger partial charge in [-0.05, 0) is 18.6 Å². The number of nitrogens with zero attached hydrogens (tertiary/aromatic N) is 2. The van der Waals surface area contributed by atoms with Crippen LogP contribution in [0, 0.1) is 16.0 Å². The smallest absolute Gasteiger partial charge is 0.273 e. The first-order valence-corrected chi connectivity index (χ1v) is 8.88. The monoisotopic (exact) mass is 383 g/mol. The SMILES string of the molecule is COc1cc([N+](=O)[O-])ccc1N1C[C@@H](C(=O)N[C@@H](C)c2ccccc2)CC1=O. The van der Waals surface area contributed by atoms with Crippen molar-refractivity contribution in [2.75, 3.05) is 18.6 Å². The summed E-state index contributed by atoms with van der Waals surface area (Å²) in [5.74, 6) is -0.701. The molecule has 0 spiro atoms. The molecule has 0 aliphatic carbocycles. The van der Waals surface area contributed by atoms with E-state index in [1.807, 2.05) is 37.3 Å². The highest BCUT2D eigenvalue weighted by Crippen LogP contribution is 2.35. The Morgan fingerprint density at radius 1 is 1.29 bits per heavy atom. The van der Waals surface area contributed by atoms with Gasteiger partial charge in [-0.15, -0.1) is 0 Å². The molecule has 28 heavy (non-hydrogen) atoms. The maximum Gasteiger partial charge on any atom is 0.273 e. The van der Waals surface area contributed by atoms with Gasteiger partial charge in [0.05, 0.1) is 35.7 Å². The van der Waals surface area contributed by atoms with Crippen molar-refractivity contribution in [3.05, 3.63) is 64.2 Å². The van der Waals surface area contributed by atoms with Gasteiger partial charge in [-0.1, -0.05) is 30.3 Å². The molecule has 0 unspecified atom stereocenters. The van der Waals surface area contributed by atoms with Crippen molar-refractivity contribution in [2.24, 2.45) is 5.92 Å². The van der Waals surface area contributed by atoms with Crippen LogP contribution in [0.2, 0.25) is 0 Å². The van der Waals surface area contributed by atoms with E-state index < -0.39 is 10.8 Å². The minimum atomic E-state index is -0.528. The maximum absolute atomic E-state index is 12.6. The predicted octanol–water partition coefficient (Wildman–Crippen LogP) is 2.83. The summed E-state index contributed by atoms with van der Waals surface area (Å²) in [5.41, 5.74) is 1.27. The van der Waals surface area contributed by atoms with Gasteiger partial charge in [0.25, 0.3) is 5.69 Å². The number of ether oxygens (including phenoxy) is 1. The van der Waals surface area contributed by atoms with Gasteiger partial charge in [0, 0.05) is 19.0 Å². The fourth-order valence-corrected chi connectivity index (χ4v) is 3.28. The van der Waals surface area contributed by atoms with Crippen molar-refractivity contribution in [3.63, 3.8) is 0 Å². The Morgan fingerprint density at radius 3 is 2.64 bits per heavy atom. The van der Waals surface area contributed by atoms with Crippen molar-refractivity contribution in [1.82, 2.24) is 5.32 Å². The number of hydrogen-bond acceptors (Lipinski definition) is 5. The largest absolute Gasteiger partial charge is 0.494 e. The Labute approximate surface area is 162 Å². The Balaban J connectivity index is 1.73. The number of non-ortho nitro benzene ring substituents is 1. The number of amides is 2.